The molecule has 9 heteroatoms. The highest BCUT2D eigenvalue weighted by atomic mass is 35.5. The van der Waals surface area contributed by atoms with E-state index in [1.165, 1.54) is 0 Å². The molecular weight excluding hydrogens is 452 g/mol. The summed E-state index contributed by atoms with van der Waals surface area (Å²) >= 11 is 6.04. The second kappa shape index (κ2) is 9.19. The van der Waals surface area contributed by atoms with Crippen LogP contribution >= 0.6 is 11.6 Å². The molecule has 0 bridgehead atoms. The van der Waals surface area contributed by atoms with Crippen LogP contribution in [0.3, 0.4) is 0 Å². The number of amides is 1. The number of aromatic amines is 1. The highest BCUT2D eigenvalue weighted by Crippen LogP contribution is 2.30. The van der Waals surface area contributed by atoms with Crippen molar-refractivity contribution in [1.82, 2.24) is 24.8 Å². The van der Waals surface area contributed by atoms with Gasteiger partial charge in [-0.1, -0.05) is 11.6 Å². The first-order chi connectivity index (χ1) is 16.4. The molecule has 176 valence electrons. The van der Waals surface area contributed by atoms with Crippen LogP contribution in [0, 0.1) is 0 Å². The minimum atomic E-state index is -0.997. The molecule has 5 rings (SSSR count). The van der Waals surface area contributed by atoms with Crippen molar-refractivity contribution in [3.8, 4) is 0 Å². The Morgan fingerprint density at radius 1 is 1.24 bits per heavy atom. The van der Waals surface area contributed by atoms with Crippen molar-refractivity contribution in [2.24, 2.45) is 0 Å². The van der Waals surface area contributed by atoms with Crippen LogP contribution in [-0.4, -0.2) is 68.1 Å². The van der Waals surface area contributed by atoms with Gasteiger partial charge in [-0.15, -0.1) is 0 Å². The van der Waals surface area contributed by atoms with E-state index in [4.69, 9.17) is 11.6 Å². The number of anilines is 1. The molecule has 0 saturated carbocycles. The third kappa shape index (κ3) is 4.69. The van der Waals surface area contributed by atoms with Gasteiger partial charge in [-0.05, 0) is 49.2 Å². The normalized spacial score (nSPS) is 18.5. The van der Waals surface area contributed by atoms with E-state index in [9.17, 15) is 9.90 Å². The van der Waals surface area contributed by atoms with Crippen LogP contribution in [0.1, 0.15) is 25.1 Å². The lowest BCUT2D eigenvalue weighted by Crippen LogP contribution is -2.54. The number of hydrogen-bond acceptors (Lipinski definition) is 6. The summed E-state index contributed by atoms with van der Waals surface area (Å²) in [5.74, 6) is 0.721. The summed E-state index contributed by atoms with van der Waals surface area (Å²) in [7, 11) is 1.75. The number of halogens is 1. The summed E-state index contributed by atoms with van der Waals surface area (Å²) in [4.78, 5) is 33.3. The Balaban J connectivity index is 1.23. The van der Waals surface area contributed by atoms with Gasteiger partial charge in [0.2, 0.25) is 5.91 Å². The number of imidazole rings is 1. The molecule has 1 aliphatic rings. The van der Waals surface area contributed by atoms with Gasteiger partial charge in [0, 0.05) is 50.4 Å². The van der Waals surface area contributed by atoms with Gasteiger partial charge in [-0.2, -0.15) is 0 Å². The molecular formula is C25H27ClN6O2. The number of β-amino-alcohol motifs (C(OH)–C–C–N with tert-alkyl or cyclic N) is 1. The van der Waals surface area contributed by atoms with Crippen LogP contribution in [0.5, 0.6) is 0 Å². The van der Waals surface area contributed by atoms with Crippen LogP contribution in [0.4, 0.5) is 5.69 Å². The molecule has 1 unspecified atom stereocenters. The van der Waals surface area contributed by atoms with Gasteiger partial charge in [-0.3, -0.25) is 14.8 Å². The predicted octanol–water partition coefficient (Wildman–Crippen LogP) is 3.58. The molecule has 1 aliphatic heterocycles. The number of fused-ring (bicyclic) bond motifs is 2. The van der Waals surface area contributed by atoms with Crippen LogP contribution in [0.25, 0.3) is 22.1 Å². The van der Waals surface area contributed by atoms with Gasteiger partial charge >= 0.3 is 0 Å². The Morgan fingerprint density at radius 2 is 2.12 bits per heavy atom. The lowest BCUT2D eigenvalue weighted by molar-refractivity contribution is -0.133. The summed E-state index contributed by atoms with van der Waals surface area (Å²) < 4.78 is 0. The van der Waals surface area contributed by atoms with E-state index < -0.39 is 5.60 Å². The fourth-order valence-electron chi connectivity index (χ4n) is 4.77. The molecule has 1 saturated heterocycles. The average molecular weight is 479 g/mol. The fraction of sp³-hybridized carbons (Fsp3) is 0.360. The van der Waals surface area contributed by atoms with Crippen molar-refractivity contribution >= 4 is 45.3 Å². The Hall–Kier alpha value is -3.23. The quantitative estimate of drug-likeness (QED) is 0.439. The maximum absolute atomic E-state index is 12.8. The number of aromatic nitrogens is 4. The molecule has 4 heterocycles. The summed E-state index contributed by atoms with van der Waals surface area (Å²) in [6, 6.07) is 11.2. The zero-order chi connectivity index (χ0) is 23.7. The van der Waals surface area contributed by atoms with E-state index in [2.05, 4.69) is 24.8 Å². The first kappa shape index (κ1) is 22.6. The van der Waals surface area contributed by atoms with Crippen molar-refractivity contribution < 1.29 is 9.90 Å². The second-order valence-electron chi connectivity index (χ2n) is 9.05. The topological polar surface area (TPSA) is 98.2 Å². The summed E-state index contributed by atoms with van der Waals surface area (Å²) in [6.45, 7) is 1.53. The third-order valence-electron chi connectivity index (χ3n) is 6.40. The monoisotopic (exact) mass is 478 g/mol. The molecule has 0 radical (unpaired) electrons. The Labute approximate surface area is 202 Å². The van der Waals surface area contributed by atoms with Crippen LogP contribution in [0.2, 0.25) is 5.02 Å². The zero-order valence-electron chi connectivity index (χ0n) is 19.0. The molecule has 1 amide bonds. The number of likely N-dealkylation sites (N-methyl/N-ethyl adjacent to an activating group) is 1. The van der Waals surface area contributed by atoms with Crippen LogP contribution in [0.15, 0.2) is 48.8 Å². The number of pyridine rings is 2. The standard InChI is InChI=1S/C25H27ClN6O2/c1-31(23(33)8-7-22-29-18-6-5-17(26)14-20(18)30-22)15-25(34)10-3-13-32(16-25)21-9-12-27-19-4-2-11-28-24(19)21/h2,4-6,9,11-12,14,34H,3,7-8,10,13,15-16H2,1H3,(H,29,30). The maximum Gasteiger partial charge on any atom is 0.222 e. The number of carbonyl (C=O) groups excluding carboxylic acids is 1. The van der Waals surface area contributed by atoms with Gasteiger partial charge in [0.25, 0.3) is 0 Å². The van der Waals surface area contributed by atoms with Crippen molar-refractivity contribution in [2.75, 3.05) is 31.6 Å². The van der Waals surface area contributed by atoms with Crippen LogP contribution in [-0.2, 0) is 11.2 Å². The Morgan fingerprint density at radius 3 is 3.00 bits per heavy atom. The maximum atomic E-state index is 12.8. The fourth-order valence-corrected chi connectivity index (χ4v) is 4.94. The number of nitrogens with one attached hydrogen (secondary N) is 1. The number of piperidine rings is 1. The first-order valence-electron chi connectivity index (χ1n) is 11.5. The molecule has 4 aromatic rings. The first-order valence-corrected chi connectivity index (χ1v) is 11.8. The SMILES string of the molecule is CN(CC1(O)CCCN(c2ccnc3cccnc23)C1)C(=O)CCc1nc2ccc(Cl)cc2[nH]1. The number of rotatable bonds is 6. The van der Waals surface area contributed by atoms with Crippen molar-refractivity contribution in [3.63, 3.8) is 0 Å². The molecule has 0 aliphatic carbocycles. The number of aryl methyl sites for hydroxylation is 1. The largest absolute Gasteiger partial charge is 0.386 e. The van der Waals surface area contributed by atoms with Crippen molar-refractivity contribution in [3.05, 3.63) is 59.6 Å². The lowest BCUT2D eigenvalue weighted by Gasteiger charge is -2.42. The second-order valence-corrected chi connectivity index (χ2v) is 9.48. The van der Waals surface area contributed by atoms with Crippen LogP contribution < -0.4 is 4.90 Å². The van der Waals surface area contributed by atoms with E-state index in [0.717, 1.165) is 46.5 Å². The minimum absolute atomic E-state index is 0.0277. The zero-order valence-corrected chi connectivity index (χ0v) is 19.8. The van der Waals surface area contributed by atoms with Gasteiger partial charge in [0.1, 0.15) is 11.3 Å². The van der Waals surface area contributed by atoms with Crippen molar-refractivity contribution in [2.45, 2.75) is 31.3 Å². The highest BCUT2D eigenvalue weighted by molar-refractivity contribution is 6.31. The van der Waals surface area contributed by atoms with E-state index in [0.29, 0.717) is 30.8 Å². The molecule has 8 nitrogen and oxygen atoms in total. The smallest absolute Gasteiger partial charge is 0.222 e. The average Bonchev–Trinajstić information content (AvgIpc) is 3.24. The highest BCUT2D eigenvalue weighted by Gasteiger charge is 2.36. The number of benzene rings is 1. The number of nitrogens with zero attached hydrogens (tertiary/aromatic N) is 5. The van der Waals surface area contributed by atoms with E-state index in [1.807, 2.05) is 30.3 Å². The van der Waals surface area contributed by atoms with Crippen molar-refractivity contribution in [1.29, 1.82) is 0 Å². The summed E-state index contributed by atoms with van der Waals surface area (Å²) in [5, 5.41) is 12.0. The summed E-state index contributed by atoms with van der Waals surface area (Å²) in [6.07, 6.45) is 5.80. The Kier molecular flexibility index (Phi) is 6.10. The molecule has 2 N–H and O–H groups in total. The molecule has 34 heavy (non-hydrogen) atoms. The lowest BCUT2D eigenvalue weighted by atomic mass is 9.91. The third-order valence-corrected chi connectivity index (χ3v) is 6.63. The van der Waals surface area contributed by atoms with E-state index >= 15 is 0 Å². The van der Waals surface area contributed by atoms with Gasteiger partial charge in [0.15, 0.2) is 0 Å². The molecule has 3 aromatic heterocycles. The molecule has 1 fully saturated rings. The predicted molar refractivity (Wildman–Crippen MR) is 133 cm³/mol. The van der Waals surface area contributed by atoms with Gasteiger partial charge < -0.3 is 19.9 Å². The van der Waals surface area contributed by atoms with E-state index in [-0.39, 0.29) is 12.5 Å². The number of H-pyrrole nitrogens is 1. The molecule has 1 atom stereocenters. The number of hydrogen-bond donors (Lipinski definition) is 2. The molecule has 0 spiro atoms. The van der Waals surface area contributed by atoms with E-state index in [1.54, 1.807) is 30.4 Å². The minimum Gasteiger partial charge on any atom is -0.386 e. The van der Waals surface area contributed by atoms with Gasteiger partial charge in [-0.25, -0.2) is 4.98 Å². The number of carbonyl (C=O) groups is 1. The number of aliphatic hydroxyl groups is 1. The molecule has 1 aromatic carbocycles. The Bertz CT molecular complexity index is 1340. The van der Waals surface area contributed by atoms with Gasteiger partial charge in [0.05, 0.1) is 34.4 Å². The summed E-state index contributed by atoms with van der Waals surface area (Å²) in [5.41, 5.74) is 3.30.